The van der Waals surface area contributed by atoms with Gasteiger partial charge in [-0.2, -0.15) is 0 Å². The molecule has 0 radical (unpaired) electrons. The number of Topliss-reactive ketones (excluding diaryl/α,β-unsaturated/α-hetero) is 1. The van der Waals surface area contributed by atoms with Crippen LogP contribution in [0.25, 0.3) is 0 Å². The van der Waals surface area contributed by atoms with Crippen molar-refractivity contribution in [3.05, 3.63) is 71.8 Å². The van der Waals surface area contributed by atoms with Crippen LogP contribution in [0.15, 0.2) is 60.7 Å². The topological polar surface area (TPSA) is 71.4 Å². The van der Waals surface area contributed by atoms with E-state index in [-0.39, 0.29) is 0 Å². The molecular formula is C16H16O4S. The van der Waals surface area contributed by atoms with Gasteiger partial charge in [0.25, 0.3) is 0 Å². The highest BCUT2D eigenvalue weighted by atomic mass is 32.2. The van der Waals surface area contributed by atoms with Crippen LogP contribution in [-0.4, -0.2) is 31.7 Å². The largest absolute Gasteiger partial charge is 0.389 e. The highest BCUT2D eigenvalue weighted by Crippen LogP contribution is 2.30. The second-order valence-corrected chi connectivity index (χ2v) is 6.79. The Morgan fingerprint density at radius 2 is 1.33 bits per heavy atom. The summed E-state index contributed by atoms with van der Waals surface area (Å²) < 4.78 is 25.1. The van der Waals surface area contributed by atoms with Crippen molar-refractivity contribution in [1.82, 2.24) is 0 Å². The van der Waals surface area contributed by atoms with Gasteiger partial charge in [-0.25, -0.2) is 8.42 Å². The first-order valence-corrected chi connectivity index (χ1v) is 8.20. The van der Waals surface area contributed by atoms with Gasteiger partial charge in [0.15, 0.2) is 15.6 Å². The number of ketones is 1. The maximum Gasteiger partial charge on any atom is 0.173 e. The van der Waals surface area contributed by atoms with Gasteiger partial charge in [-0.3, -0.25) is 4.79 Å². The first-order valence-electron chi connectivity index (χ1n) is 6.48. The van der Waals surface area contributed by atoms with Crippen LogP contribution in [0.5, 0.6) is 0 Å². The van der Waals surface area contributed by atoms with E-state index in [9.17, 15) is 13.2 Å². The van der Waals surface area contributed by atoms with Crippen LogP contribution in [0.4, 0.5) is 0 Å². The zero-order valence-electron chi connectivity index (χ0n) is 11.3. The van der Waals surface area contributed by atoms with Crippen LogP contribution in [0.3, 0.4) is 0 Å². The van der Waals surface area contributed by atoms with Crippen molar-refractivity contribution in [2.45, 2.75) is 5.25 Å². The van der Waals surface area contributed by atoms with Crippen molar-refractivity contribution < 1.29 is 18.3 Å². The minimum Gasteiger partial charge on any atom is -0.389 e. The molecule has 0 saturated carbocycles. The molecule has 0 aliphatic heterocycles. The third-order valence-electron chi connectivity index (χ3n) is 3.10. The van der Waals surface area contributed by atoms with Gasteiger partial charge in [-0.1, -0.05) is 60.7 Å². The summed E-state index contributed by atoms with van der Waals surface area (Å²) in [6.45, 7) is -0.768. The summed E-state index contributed by atoms with van der Waals surface area (Å²) in [5.74, 6) is -1.37. The average Bonchev–Trinajstić information content (AvgIpc) is 2.48. The van der Waals surface area contributed by atoms with Crippen LogP contribution in [0.2, 0.25) is 0 Å². The van der Waals surface area contributed by atoms with Crippen LogP contribution in [0.1, 0.15) is 16.4 Å². The molecule has 2 aromatic carbocycles. The molecule has 1 N–H and O–H groups in total. The van der Waals surface area contributed by atoms with E-state index in [1.807, 2.05) is 0 Å². The third kappa shape index (κ3) is 3.77. The van der Waals surface area contributed by atoms with Crippen LogP contribution >= 0.6 is 0 Å². The molecule has 0 heterocycles. The number of hydrogen-bond acceptors (Lipinski definition) is 4. The molecule has 0 aromatic heterocycles. The van der Waals surface area contributed by atoms with Gasteiger partial charge < -0.3 is 5.11 Å². The zero-order chi connectivity index (χ0) is 15.3. The summed E-state index contributed by atoms with van der Waals surface area (Å²) in [5.41, 5.74) is 1.21. The van der Waals surface area contributed by atoms with Gasteiger partial charge in [0.05, 0.1) is 0 Å². The minimum atomic E-state index is -3.75. The number of aliphatic hydroxyl groups excluding tert-OH is 1. The van der Waals surface area contributed by atoms with Crippen molar-refractivity contribution in [1.29, 1.82) is 0 Å². The summed E-state index contributed by atoms with van der Waals surface area (Å²) in [7, 11) is -3.75. The first-order chi connectivity index (χ1) is 10.0. The molecule has 0 saturated heterocycles. The van der Waals surface area contributed by atoms with E-state index in [1.54, 1.807) is 60.7 Å². The maximum atomic E-state index is 12.6. The quantitative estimate of drug-likeness (QED) is 0.882. The number of rotatable bonds is 6. The van der Waals surface area contributed by atoms with Crippen molar-refractivity contribution in [3.63, 3.8) is 0 Å². The molecule has 5 heteroatoms. The van der Waals surface area contributed by atoms with Crippen LogP contribution in [-0.2, 0) is 14.6 Å². The maximum absolute atomic E-state index is 12.6. The molecule has 0 unspecified atom stereocenters. The van der Waals surface area contributed by atoms with E-state index in [1.165, 1.54) is 0 Å². The summed E-state index contributed by atoms with van der Waals surface area (Å²) in [6, 6.07) is 17.5. The number of sulfone groups is 1. The lowest BCUT2D eigenvalue weighted by Crippen LogP contribution is -2.25. The smallest absolute Gasteiger partial charge is 0.173 e. The van der Waals surface area contributed by atoms with Crippen molar-refractivity contribution >= 4 is 15.6 Å². The third-order valence-corrected chi connectivity index (χ3v) is 5.09. The van der Waals surface area contributed by atoms with Gasteiger partial charge >= 0.3 is 0 Å². The minimum absolute atomic E-state index is 0.606. The van der Waals surface area contributed by atoms with E-state index in [2.05, 4.69) is 0 Å². The SMILES string of the molecule is O=C(CO)CS(=O)(=O)C(c1ccccc1)c1ccccc1. The Labute approximate surface area is 124 Å². The van der Waals surface area contributed by atoms with Gasteiger partial charge in [0.1, 0.15) is 17.6 Å². The molecule has 110 valence electrons. The van der Waals surface area contributed by atoms with E-state index < -0.39 is 33.2 Å². The Balaban J connectivity index is 2.50. The Morgan fingerprint density at radius 3 is 1.71 bits per heavy atom. The van der Waals surface area contributed by atoms with Gasteiger partial charge in [0.2, 0.25) is 0 Å². The molecule has 0 fully saturated rings. The van der Waals surface area contributed by atoms with E-state index in [0.717, 1.165) is 0 Å². The fourth-order valence-corrected chi connectivity index (χ4v) is 4.07. The Hall–Kier alpha value is -1.98. The first kappa shape index (κ1) is 15.4. The summed E-state index contributed by atoms with van der Waals surface area (Å²) in [5, 5.41) is 7.90. The summed E-state index contributed by atoms with van der Waals surface area (Å²) in [4.78, 5) is 11.4. The predicted octanol–water partition coefficient (Wildman–Crippen LogP) is 1.75. The molecular weight excluding hydrogens is 288 g/mol. The Kier molecular flexibility index (Phi) is 4.88. The van der Waals surface area contributed by atoms with Crippen molar-refractivity contribution in [2.24, 2.45) is 0 Å². The van der Waals surface area contributed by atoms with Crippen LogP contribution < -0.4 is 0 Å². The number of hydrogen-bond donors (Lipinski definition) is 1. The zero-order valence-corrected chi connectivity index (χ0v) is 12.2. The van der Waals surface area contributed by atoms with Gasteiger partial charge in [0, 0.05) is 0 Å². The van der Waals surface area contributed by atoms with Gasteiger partial charge in [-0.15, -0.1) is 0 Å². The van der Waals surface area contributed by atoms with Gasteiger partial charge in [-0.05, 0) is 11.1 Å². The molecule has 2 rings (SSSR count). The highest BCUT2D eigenvalue weighted by molar-refractivity contribution is 7.92. The molecule has 2 aromatic rings. The molecule has 21 heavy (non-hydrogen) atoms. The summed E-state index contributed by atoms with van der Waals surface area (Å²) in [6.07, 6.45) is 0. The Bertz CT molecular complexity index is 654. The molecule has 0 bridgehead atoms. The standard InChI is InChI=1S/C16H16O4S/c17-11-15(18)12-21(19,20)16(13-7-3-1-4-8-13)14-9-5-2-6-10-14/h1-10,16-17H,11-12H2. The molecule has 0 atom stereocenters. The van der Waals surface area contributed by atoms with Crippen molar-refractivity contribution in [2.75, 3.05) is 12.4 Å². The molecule has 4 nitrogen and oxygen atoms in total. The van der Waals surface area contributed by atoms with E-state index >= 15 is 0 Å². The lowest BCUT2D eigenvalue weighted by molar-refractivity contribution is -0.119. The molecule has 0 spiro atoms. The van der Waals surface area contributed by atoms with E-state index in [0.29, 0.717) is 11.1 Å². The predicted molar refractivity (Wildman–Crippen MR) is 80.6 cm³/mol. The monoisotopic (exact) mass is 304 g/mol. The molecule has 0 aliphatic carbocycles. The number of benzene rings is 2. The summed E-state index contributed by atoms with van der Waals surface area (Å²) >= 11 is 0. The Morgan fingerprint density at radius 1 is 0.905 bits per heavy atom. The molecule has 0 aliphatic rings. The fourth-order valence-electron chi connectivity index (χ4n) is 2.22. The van der Waals surface area contributed by atoms with Crippen molar-refractivity contribution in [3.8, 4) is 0 Å². The number of carbonyl (C=O) groups is 1. The second-order valence-electron chi connectivity index (χ2n) is 4.71. The number of carbonyl (C=O) groups excluding carboxylic acids is 1. The highest BCUT2D eigenvalue weighted by Gasteiger charge is 2.30. The lowest BCUT2D eigenvalue weighted by Gasteiger charge is -2.18. The lowest BCUT2D eigenvalue weighted by atomic mass is 10.0. The van der Waals surface area contributed by atoms with E-state index in [4.69, 9.17) is 5.11 Å². The fraction of sp³-hybridized carbons (Fsp3) is 0.188. The normalized spacial score (nSPS) is 11.5. The second kappa shape index (κ2) is 6.65. The average molecular weight is 304 g/mol. The number of aliphatic hydroxyl groups is 1. The molecule has 0 amide bonds. The van der Waals surface area contributed by atoms with Crippen LogP contribution in [0, 0.1) is 0 Å².